The fourth-order valence-corrected chi connectivity index (χ4v) is 3.74. The summed E-state index contributed by atoms with van der Waals surface area (Å²) < 4.78 is 22.1. The Balaban J connectivity index is 2.82. The minimum Gasteiger partial charge on any atom is -0.490 e. The van der Waals surface area contributed by atoms with Gasteiger partial charge in [0.1, 0.15) is 5.54 Å². The van der Waals surface area contributed by atoms with E-state index in [2.05, 4.69) is 19.9 Å². The monoisotopic (exact) mass is 483 g/mol. The Hall–Kier alpha value is -1.87. The van der Waals surface area contributed by atoms with Crippen molar-refractivity contribution in [3.8, 4) is 11.5 Å². The van der Waals surface area contributed by atoms with Gasteiger partial charge in [-0.3, -0.25) is 4.79 Å². The van der Waals surface area contributed by atoms with Crippen LogP contribution in [0, 0.1) is 11.8 Å². The number of carboxylic acid groups (broad SMARTS) is 1. The number of methoxy groups -OCH3 is 2. The Bertz CT molecular complexity index is 708. The van der Waals surface area contributed by atoms with E-state index in [1.54, 1.807) is 14.2 Å². The van der Waals surface area contributed by atoms with Crippen molar-refractivity contribution in [2.75, 3.05) is 40.6 Å². The molecule has 0 saturated heterocycles. The quantitative estimate of drug-likeness (QED) is 0.255. The largest absolute Gasteiger partial charge is 0.490 e. The Morgan fingerprint density at radius 2 is 1.59 bits per heavy atom. The Morgan fingerprint density at radius 3 is 2.12 bits per heavy atom. The lowest BCUT2D eigenvalue weighted by Crippen LogP contribution is -2.47. The van der Waals surface area contributed by atoms with E-state index < -0.39 is 17.6 Å². The van der Waals surface area contributed by atoms with Gasteiger partial charge in [-0.2, -0.15) is 0 Å². The predicted molar refractivity (Wildman–Crippen MR) is 133 cm³/mol. The van der Waals surface area contributed by atoms with Crippen LogP contribution in [-0.2, 0) is 20.7 Å². The summed E-state index contributed by atoms with van der Waals surface area (Å²) in [6, 6.07) is 6.04. The van der Waals surface area contributed by atoms with Crippen LogP contribution in [0.1, 0.15) is 58.4 Å². The van der Waals surface area contributed by atoms with Gasteiger partial charge in [-0.05, 0) is 55.7 Å². The first-order valence-corrected chi connectivity index (χ1v) is 12.2. The predicted octanol–water partition coefficient (Wildman–Crippen LogP) is 3.67. The zero-order chi connectivity index (χ0) is 25.6. The molecule has 0 heterocycles. The molecule has 0 unspecified atom stereocenters. The van der Waals surface area contributed by atoms with Crippen molar-refractivity contribution < 1.29 is 34.0 Å². The average molecular weight is 484 g/mol. The van der Waals surface area contributed by atoms with Gasteiger partial charge >= 0.3 is 5.97 Å². The summed E-state index contributed by atoms with van der Waals surface area (Å²) in [6.45, 7) is 8.11. The SMILES string of the molecule is COCCCOc1ccc(C[C@H](CC[C@H](O)C[C@@](C)(N)C(=O)O)C(C)C)cc1OCCCOC. The summed E-state index contributed by atoms with van der Waals surface area (Å²) in [5.74, 6) is 1.04. The van der Waals surface area contributed by atoms with Crippen molar-refractivity contribution in [3.05, 3.63) is 23.8 Å². The van der Waals surface area contributed by atoms with Gasteiger partial charge in [0.15, 0.2) is 11.5 Å². The highest BCUT2D eigenvalue weighted by atomic mass is 16.5. The van der Waals surface area contributed by atoms with Crippen molar-refractivity contribution in [1.29, 1.82) is 0 Å². The topological polar surface area (TPSA) is 120 Å². The lowest BCUT2D eigenvalue weighted by atomic mass is 9.83. The number of hydrogen-bond donors (Lipinski definition) is 3. The van der Waals surface area contributed by atoms with Crippen LogP contribution in [0.5, 0.6) is 11.5 Å². The molecule has 1 aromatic carbocycles. The van der Waals surface area contributed by atoms with Crippen LogP contribution in [0.2, 0.25) is 0 Å². The number of carboxylic acids is 1. The summed E-state index contributed by atoms with van der Waals surface area (Å²) in [6.07, 6.45) is 2.95. The van der Waals surface area contributed by atoms with E-state index in [9.17, 15) is 15.0 Å². The van der Waals surface area contributed by atoms with Crippen molar-refractivity contribution in [3.63, 3.8) is 0 Å². The molecule has 0 aliphatic carbocycles. The van der Waals surface area contributed by atoms with Gasteiger partial charge in [0.2, 0.25) is 0 Å². The second kappa shape index (κ2) is 15.9. The van der Waals surface area contributed by atoms with Gasteiger partial charge in [0.05, 0.1) is 19.3 Å². The van der Waals surface area contributed by atoms with E-state index in [1.807, 2.05) is 12.1 Å². The molecule has 0 fully saturated rings. The van der Waals surface area contributed by atoms with Crippen LogP contribution in [0.3, 0.4) is 0 Å². The van der Waals surface area contributed by atoms with Gasteiger partial charge in [-0.15, -0.1) is 0 Å². The number of carbonyl (C=O) groups is 1. The van der Waals surface area contributed by atoms with E-state index in [0.717, 1.165) is 31.2 Å². The maximum Gasteiger partial charge on any atom is 0.323 e. The summed E-state index contributed by atoms with van der Waals surface area (Å²) in [4.78, 5) is 11.2. The minimum atomic E-state index is -1.43. The van der Waals surface area contributed by atoms with Gasteiger partial charge < -0.3 is 34.9 Å². The van der Waals surface area contributed by atoms with Crippen molar-refractivity contribution in [2.24, 2.45) is 17.6 Å². The Labute approximate surface area is 204 Å². The third-order valence-electron chi connectivity index (χ3n) is 5.97. The van der Waals surface area contributed by atoms with Crippen LogP contribution in [0.4, 0.5) is 0 Å². The third kappa shape index (κ3) is 11.5. The highest BCUT2D eigenvalue weighted by Crippen LogP contribution is 2.32. The molecule has 196 valence electrons. The van der Waals surface area contributed by atoms with Gasteiger partial charge in [-0.25, -0.2) is 0 Å². The minimum absolute atomic E-state index is 0.0295. The van der Waals surface area contributed by atoms with Gasteiger partial charge in [-0.1, -0.05) is 19.9 Å². The van der Waals surface area contributed by atoms with Crippen molar-refractivity contribution in [1.82, 2.24) is 0 Å². The molecule has 0 bridgehead atoms. The maximum absolute atomic E-state index is 11.2. The van der Waals surface area contributed by atoms with E-state index >= 15 is 0 Å². The number of ether oxygens (including phenoxy) is 4. The van der Waals surface area contributed by atoms with Gasteiger partial charge in [0, 0.05) is 46.7 Å². The van der Waals surface area contributed by atoms with E-state index in [1.165, 1.54) is 6.92 Å². The molecule has 0 spiro atoms. The lowest BCUT2D eigenvalue weighted by Gasteiger charge is -2.26. The van der Waals surface area contributed by atoms with Crippen LogP contribution in [0.15, 0.2) is 18.2 Å². The number of benzene rings is 1. The molecule has 0 amide bonds. The number of aliphatic hydroxyl groups is 1. The van der Waals surface area contributed by atoms with Crippen LogP contribution in [0.25, 0.3) is 0 Å². The maximum atomic E-state index is 11.2. The number of hydrogen-bond acceptors (Lipinski definition) is 7. The lowest BCUT2D eigenvalue weighted by molar-refractivity contribution is -0.143. The molecule has 0 aliphatic rings. The second-order valence-corrected chi connectivity index (χ2v) is 9.54. The summed E-state index contributed by atoms with van der Waals surface area (Å²) in [5, 5.41) is 19.6. The zero-order valence-corrected chi connectivity index (χ0v) is 21.5. The Kier molecular flexibility index (Phi) is 14.1. The smallest absolute Gasteiger partial charge is 0.323 e. The van der Waals surface area contributed by atoms with Gasteiger partial charge in [0.25, 0.3) is 0 Å². The first-order valence-electron chi connectivity index (χ1n) is 12.2. The van der Waals surface area contributed by atoms with E-state index in [0.29, 0.717) is 56.2 Å². The normalized spacial score (nSPS) is 15.1. The fourth-order valence-electron chi connectivity index (χ4n) is 3.74. The molecule has 1 aromatic rings. The first-order chi connectivity index (χ1) is 16.1. The molecular weight excluding hydrogens is 438 g/mol. The summed E-state index contributed by atoms with van der Waals surface area (Å²) in [5.41, 5.74) is 5.49. The number of aliphatic carboxylic acids is 1. The Morgan fingerprint density at radius 1 is 1.00 bits per heavy atom. The van der Waals surface area contributed by atoms with Crippen LogP contribution >= 0.6 is 0 Å². The van der Waals surface area contributed by atoms with Crippen LogP contribution < -0.4 is 15.2 Å². The fraction of sp³-hybridized carbons (Fsp3) is 0.731. The molecule has 0 aromatic heterocycles. The number of rotatable bonds is 19. The summed E-state index contributed by atoms with van der Waals surface area (Å²) in [7, 11) is 3.34. The molecule has 8 nitrogen and oxygen atoms in total. The van der Waals surface area contributed by atoms with E-state index in [-0.39, 0.29) is 6.42 Å². The van der Waals surface area contributed by atoms with Crippen molar-refractivity contribution in [2.45, 2.75) is 70.9 Å². The molecule has 0 aliphatic heterocycles. The molecule has 0 saturated carbocycles. The molecule has 4 N–H and O–H groups in total. The van der Waals surface area contributed by atoms with Crippen molar-refractivity contribution >= 4 is 5.97 Å². The molecule has 1 rings (SSSR count). The summed E-state index contributed by atoms with van der Waals surface area (Å²) >= 11 is 0. The molecule has 8 heteroatoms. The highest BCUT2D eigenvalue weighted by Gasteiger charge is 2.31. The second-order valence-electron chi connectivity index (χ2n) is 9.54. The standard InChI is InChI=1S/C26H45NO7/c1-19(2)21(9-10-22(28)18-26(3,27)25(29)30)16-20-8-11-23(33-14-6-12-31-4)24(17-20)34-15-7-13-32-5/h8,11,17,19,21-22,28H,6-7,9-10,12-16,18,27H2,1-5H3,(H,29,30)/t21-,22-,26+/m0/s1. The third-order valence-corrected chi connectivity index (χ3v) is 5.97. The first kappa shape index (κ1) is 30.2. The zero-order valence-electron chi connectivity index (χ0n) is 21.5. The van der Waals surface area contributed by atoms with Crippen LogP contribution in [-0.4, -0.2) is 68.5 Å². The molecule has 0 radical (unpaired) electrons. The number of aliphatic hydroxyl groups excluding tert-OH is 1. The highest BCUT2D eigenvalue weighted by molar-refractivity contribution is 5.77. The number of nitrogens with two attached hydrogens (primary N) is 1. The molecule has 3 atom stereocenters. The average Bonchev–Trinajstić information content (AvgIpc) is 2.77. The van der Waals surface area contributed by atoms with E-state index in [4.69, 9.17) is 24.7 Å². The molecular formula is C26H45NO7. The molecule has 34 heavy (non-hydrogen) atoms.